The van der Waals surface area contributed by atoms with E-state index in [2.05, 4.69) is 16.0 Å². The standard InChI is InChI=1S/C16H17N3OS2/c1-11(20)17-12-6-8-13(9-7-12)18-16(21)19-14-4-3-5-15(10-14)22-2/h3-10H,1-2H3,(H,17,20)(H2,18,19,21). The van der Waals surface area contributed by atoms with Gasteiger partial charge in [0.1, 0.15) is 0 Å². The summed E-state index contributed by atoms with van der Waals surface area (Å²) in [6.45, 7) is 1.48. The van der Waals surface area contributed by atoms with Crippen LogP contribution in [0.5, 0.6) is 0 Å². The molecule has 22 heavy (non-hydrogen) atoms. The third-order valence-corrected chi connectivity index (χ3v) is 3.72. The van der Waals surface area contributed by atoms with Crippen molar-refractivity contribution in [3.8, 4) is 0 Å². The van der Waals surface area contributed by atoms with Crippen LogP contribution in [-0.4, -0.2) is 17.3 Å². The average molecular weight is 331 g/mol. The Morgan fingerprint density at radius 1 is 0.955 bits per heavy atom. The van der Waals surface area contributed by atoms with Gasteiger partial charge in [0.25, 0.3) is 0 Å². The molecule has 0 saturated carbocycles. The van der Waals surface area contributed by atoms with Gasteiger partial charge in [0.2, 0.25) is 5.91 Å². The highest BCUT2D eigenvalue weighted by molar-refractivity contribution is 7.98. The minimum absolute atomic E-state index is 0.0911. The lowest BCUT2D eigenvalue weighted by Crippen LogP contribution is -2.19. The summed E-state index contributed by atoms with van der Waals surface area (Å²) in [5, 5.41) is 9.50. The van der Waals surface area contributed by atoms with Crippen molar-refractivity contribution in [2.75, 3.05) is 22.2 Å². The number of rotatable bonds is 4. The van der Waals surface area contributed by atoms with E-state index in [1.807, 2.05) is 54.8 Å². The van der Waals surface area contributed by atoms with Crippen LogP contribution in [-0.2, 0) is 4.79 Å². The first-order valence-electron chi connectivity index (χ1n) is 6.66. The number of thiocarbonyl (C=S) groups is 1. The zero-order valence-corrected chi connectivity index (χ0v) is 14.0. The molecule has 2 aromatic carbocycles. The Labute approximate surface area is 139 Å². The maximum Gasteiger partial charge on any atom is 0.221 e. The van der Waals surface area contributed by atoms with E-state index in [9.17, 15) is 4.79 Å². The summed E-state index contributed by atoms with van der Waals surface area (Å²) in [6.07, 6.45) is 2.03. The van der Waals surface area contributed by atoms with E-state index in [1.165, 1.54) is 11.8 Å². The van der Waals surface area contributed by atoms with Crippen molar-refractivity contribution in [1.82, 2.24) is 0 Å². The molecule has 0 atom stereocenters. The number of nitrogens with one attached hydrogen (secondary N) is 3. The lowest BCUT2D eigenvalue weighted by Gasteiger charge is -2.11. The minimum atomic E-state index is -0.0911. The van der Waals surface area contributed by atoms with Crippen LogP contribution in [0.3, 0.4) is 0 Å². The van der Waals surface area contributed by atoms with Gasteiger partial charge in [0, 0.05) is 28.9 Å². The predicted molar refractivity (Wildman–Crippen MR) is 98.8 cm³/mol. The van der Waals surface area contributed by atoms with Crippen LogP contribution in [0.2, 0.25) is 0 Å². The Morgan fingerprint density at radius 3 is 2.14 bits per heavy atom. The zero-order chi connectivity index (χ0) is 15.9. The highest BCUT2D eigenvalue weighted by atomic mass is 32.2. The number of thioether (sulfide) groups is 1. The molecule has 3 N–H and O–H groups in total. The first-order chi connectivity index (χ1) is 10.6. The lowest BCUT2D eigenvalue weighted by atomic mass is 10.3. The Bertz CT molecular complexity index is 671. The summed E-state index contributed by atoms with van der Waals surface area (Å²) < 4.78 is 0. The molecule has 6 heteroatoms. The number of hydrogen-bond donors (Lipinski definition) is 3. The van der Waals surface area contributed by atoms with Crippen LogP contribution in [0.15, 0.2) is 53.4 Å². The molecule has 4 nitrogen and oxygen atoms in total. The molecule has 0 fully saturated rings. The monoisotopic (exact) mass is 331 g/mol. The lowest BCUT2D eigenvalue weighted by molar-refractivity contribution is -0.114. The molecular formula is C16H17N3OS2. The molecule has 0 aliphatic rings. The number of anilines is 3. The normalized spacial score (nSPS) is 9.91. The van der Waals surface area contributed by atoms with Crippen molar-refractivity contribution in [2.24, 2.45) is 0 Å². The van der Waals surface area contributed by atoms with Gasteiger partial charge in [-0.05, 0) is 60.9 Å². The number of hydrogen-bond acceptors (Lipinski definition) is 3. The zero-order valence-electron chi connectivity index (χ0n) is 12.3. The Hall–Kier alpha value is -2.05. The molecule has 2 rings (SSSR count). The van der Waals surface area contributed by atoms with Crippen molar-refractivity contribution < 1.29 is 4.79 Å². The predicted octanol–water partition coefficient (Wildman–Crippen LogP) is 4.18. The molecule has 0 aliphatic heterocycles. The number of benzene rings is 2. The Morgan fingerprint density at radius 2 is 1.55 bits per heavy atom. The SMILES string of the molecule is CSc1cccc(NC(=S)Nc2ccc(NC(C)=O)cc2)c1. The molecule has 0 saturated heterocycles. The van der Waals surface area contributed by atoms with Crippen LogP contribution in [0, 0.1) is 0 Å². The fourth-order valence-corrected chi connectivity index (χ4v) is 2.53. The number of carbonyl (C=O) groups excluding carboxylic acids is 1. The van der Waals surface area contributed by atoms with Crippen LogP contribution in [0.25, 0.3) is 0 Å². The molecule has 114 valence electrons. The molecule has 2 aromatic rings. The van der Waals surface area contributed by atoms with Gasteiger partial charge in [0.15, 0.2) is 5.11 Å². The van der Waals surface area contributed by atoms with E-state index >= 15 is 0 Å². The smallest absolute Gasteiger partial charge is 0.221 e. The van der Waals surface area contributed by atoms with Crippen molar-refractivity contribution in [3.63, 3.8) is 0 Å². The van der Waals surface area contributed by atoms with Crippen molar-refractivity contribution in [3.05, 3.63) is 48.5 Å². The van der Waals surface area contributed by atoms with Gasteiger partial charge >= 0.3 is 0 Å². The van der Waals surface area contributed by atoms with Gasteiger partial charge < -0.3 is 16.0 Å². The van der Waals surface area contributed by atoms with Crippen LogP contribution >= 0.6 is 24.0 Å². The van der Waals surface area contributed by atoms with E-state index in [4.69, 9.17) is 12.2 Å². The van der Waals surface area contributed by atoms with E-state index in [0.29, 0.717) is 5.11 Å². The highest BCUT2D eigenvalue weighted by Gasteiger charge is 2.01. The molecule has 0 aliphatic carbocycles. The summed E-state index contributed by atoms with van der Waals surface area (Å²) >= 11 is 6.98. The van der Waals surface area contributed by atoms with Gasteiger partial charge in [-0.2, -0.15) is 0 Å². The molecule has 0 bridgehead atoms. The molecule has 1 amide bonds. The van der Waals surface area contributed by atoms with Gasteiger partial charge in [-0.1, -0.05) is 6.07 Å². The number of carbonyl (C=O) groups is 1. The topological polar surface area (TPSA) is 53.2 Å². The fourth-order valence-electron chi connectivity index (χ4n) is 1.83. The number of amides is 1. The Balaban J connectivity index is 1.95. The molecule has 0 heterocycles. The summed E-state index contributed by atoms with van der Waals surface area (Å²) in [5.74, 6) is -0.0911. The third kappa shape index (κ3) is 5.05. The van der Waals surface area contributed by atoms with E-state index in [0.717, 1.165) is 17.1 Å². The molecular weight excluding hydrogens is 314 g/mol. The van der Waals surface area contributed by atoms with Crippen LogP contribution < -0.4 is 16.0 Å². The van der Waals surface area contributed by atoms with Crippen molar-refractivity contribution in [1.29, 1.82) is 0 Å². The average Bonchev–Trinajstić information content (AvgIpc) is 2.49. The quantitative estimate of drug-likeness (QED) is 0.580. The van der Waals surface area contributed by atoms with Crippen molar-refractivity contribution in [2.45, 2.75) is 11.8 Å². The minimum Gasteiger partial charge on any atom is -0.332 e. The van der Waals surface area contributed by atoms with Gasteiger partial charge in [-0.25, -0.2) is 0 Å². The Kier molecular flexibility index (Phi) is 5.80. The second-order valence-corrected chi connectivity index (χ2v) is 5.86. The van der Waals surface area contributed by atoms with Gasteiger partial charge in [-0.15, -0.1) is 11.8 Å². The van der Waals surface area contributed by atoms with E-state index in [1.54, 1.807) is 11.8 Å². The highest BCUT2D eigenvalue weighted by Crippen LogP contribution is 2.19. The molecule has 0 spiro atoms. The van der Waals surface area contributed by atoms with Gasteiger partial charge in [0.05, 0.1) is 0 Å². The molecule has 0 aromatic heterocycles. The second kappa shape index (κ2) is 7.82. The summed E-state index contributed by atoms with van der Waals surface area (Å²) in [7, 11) is 0. The fraction of sp³-hybridized carbons (Fsp3) is 0.125. The first-order valence-corrected chi connectivity index (χ1v) is 8.30. The molecule has 0 radical (unpaired) electrons. The van der Waals surface area contributed by atoms with E-state index < -0.39 is 0 Å². The largest absolute Gasteiger partial charge is 0.332 e. The van der Waals surface area contributed by atoms with Gasteiger partial charge in [-0.3, -0.25) is 4.79 Å². The third-order valence-electron chi connectivity index (χ3n) is 2.79. The van der Waals surface area contributed by atoms with Crippen molar-refractivity contribution >= 4 is 52.1 Å². The maximum absolute atomic E-state index is 11.0. The summed E-state index contributed by atoms with van der Waals surface area (Å²) in [6, 6.07) is 15.4. The maximum atomic E-state index is 11.0. The molecule has 0 unspecified atom stereocenters. The van der Waals surface area contributed by atoms with Crippen LogP contribution in [0.1, 0.15) is 6.92 Å². The summed E-state index contributed by atoms with van der Waals surface area (Å²) in [4.78, 5) is 12.1. The second-order valence-electron chi connectivity index (χ2n) is 4.57. The first kappa shape index (κ1) is 16.3. The van der Waals surface area contributed by atoms with Crippen LogP contribution in [0.4, 0.5) is 17.1 Å². The summed E-state index contributed by atoms with van der Waals surface area (Å²) in [5.41, 5.74) is 2.55. The van der Waals surface area contributed by atoms with E-state index in [-0.39, 0.29) is 5.91 Å².